The predicted octanol–water partition coefficient (Wildman–Crippen LogP) is 4.48. The molecular weight excluding hydrogens is 374 g/mol. The highest BCUT2D eigenvalue weighted by atomic mass is 16.5. The van der Waals surface area contributed by atoms with Gasteiger partial charge in [-0.3, -0.25) is 4.57 Å². The Kier molecular flexibility index (Phi) is 5.15. The van der Waals surface area contributed by atoms with Gasteiger partial charge in [0.25, 0.3) is 0 Å². The van der Waals surface area contributed by atoms with E-state index in [1.165, 1.54) is 11.1 Å². The summed E-state index contributed by atoms with van der Waals surface area (Å²) < 4.78 is 7.96. The number of rotatable bonds is 5. The molecule has 2 aromatic carbocycles. The highest BCUT2D eigenvalue weighted by molar-refractivity contribution is 5.81. The van der Waals surface area contributed by atoms with Gasteiger partial charge < -0.3 is 10.5 Å². The maximum Gasteiger partial charge on any atom is 0.167 e. The third-order valence-corrected chi connectivity index (χ3v) is 5.75. The second kappa shape index (κ2) is 8.24. The Morgan fingerprint density at radius 2 is 1.67 bits per heavy atom. The summed E-state index contributed by atoms with van der Waals surface area (Å²) in [5, 5.41) is 0. The average molecular weight is 399 g/mol. The van der Waals surface area contributed by atoms with Crippen LogP contribution < -0.4 is 5.73 Å². The molecule has 0 radical (unpaired) electrons. The Balaban J connectivity index is 1.54. The summed E-state index contributed by atoms with van der Waals surface area (Å²) in [4.78, 5) is 14.0. The number of hydrogen-bond acceptors (Lipinski definition) is 5. The molecule has 0 spiro atoms. The van der Waals surface area contributed by atoms with E-state index in [0.29, 0.717) is 17.8 Å². The van der Waals surface area contributed by atoms with Crippen LogP contribution in [0.25, 0.3) is 11.2 Å². The van der Waals surface area contributed by atoms with Crippen molar-refractivity contribution in [2.75, 3.05) is 12.3 Å². The lowest BCUT2D eigenvalue weighted by atomic mass is 9.88. The van der Waals surface area contributed by atoms with E-state index in [-0.39, 0.29) is 12.1 Å². The summed E-state index contributed by atoms with van der Waals surface area (Å²) in [6.07, 6.45) is 5.60. The quantitative estimate of drug-likeness (QED) is 0.535. The van der Waals surface area contributed by atoms with Gasteiger partial charge in [0.2, 0.25) is 0 Å². The maximum absolute atomic E-state index is 6.29. The van der Waals surface area contributed by atoms with Gasteiger partial charge in [0.15, 0.2) is 11.5 Å². The zero-order chi connectivity index (χ0) is 20.3. The van der Waals surface area contributed by atoms with Gasteiger partial charge in [-0.1, -0.05) is 60.7 Å². The van der Waals surface area contributed by atoms with Crippen LogP contribution in [0.15, 0.2) is 67.0 Å². The molecule has 6 heteroatoms. The molecule has 0 saturated carbocycles. The predicted molar refractivity (Wildman–Crippen MR) is 117 cm³/mol. The van der Waals surface area contributed by atoms with Crippen molar-refractivity contribution in [1.29, 1.82) is 0 Å². The first-order valence-electron chi connectivity index (χ1n) is 10.5. The van der Waals surface area contributed by atoms with E-state index in [4.69, 9.17) is 15.5 Å². The molecule has 6 nitrogen and oxygen atoms in total. The smallest absolute Gasteiger partial charge is 0.167 e. The highest BCUT2D eigenvalue weighted by Gasteiger charge is 2.22. The molecule has 1 aliphatic heterocycles. The number of aromatic nitrogens is 4. The Morgan fingerprint density at radius 1 is 0.967 bits per heavy atom. The van der Waals surface area contributed by atoms with Crippen molar-refractivity contribution in [3.63, 3.8) is 0 Å². The van der Waals surface area contributed by atoms with Crippen LogP contribution in [0.3, 0.4) is 0 Å². The zero-order valence-corrected chi connectivity index (χ0v) is 16.8. The van der Waals surface area contributed by atoms with Crippen molar-refractivity contribution in [1.82, 2.24) is 19.5 Å². The summed E-state index contributed by atoms with van der Waals surface area (Å²) in [6.45, 7) is 0.766. The van der Waals surface area contributed by atoms with Gasteiger partial charge in [-0.2, -0.15) is 0 Å². The largest absolute Gasteiger partial charge is 0.382 e. The number of nitrogens with zero attached hydrogens (tertiary/aromatic N) is 4. The topological polar surface area (TPSA) is 78.9 Å². The molecule has 1 saturated heterocycles. The molecule has 2 N–H and O–H groups in total. The SMILES string of the molecule is Nc1nc(CC(c2ccccc2)c2ccccc2)nc2c1ncn2C1CCCCO1. The van der Waals surface area contributed by atoms with Crippen LogP contribution in [0.1, 0.15) is 48.4 Å². The van der Waals surface area contributed by atoms with Crippen molar-refractivity contribution in [3.05, 3.63) is 83.9 Å². The van der Waals surface area contributed by atoms with Crippen LogP contribution >= 0.6 is 0 Å². The normalized spacial score (nSPS) is 16.9. The molecule has 4 aromatic rings. The van der Waals surface area contributed by atoms with Crippen molar-refractivity contribution in [2.45, 2.75) is 37.8 Å². The summed E-state index contributed by atoms with van der Waals surface area (Å²) in [6, 6.07) is 21.0. The number of nitrogen functional groups attached to an aromatic ring is 1. The van der Waals surface area contributed by atoms with Crippen LogP contribution in [0.2, 0.25) is 0 Å². The van der Waals surface area contributed by atoms with E-state index in [1.54, 1.807) is 6.33 Å². The fourth-order valence-corrected chi connectivity index (χ4v) is 4.21. The fourth-order valence-electron chi connectivity index (χ4n) is 4.21. The van der Waals surface area contributed by atoms with Gasteiger partial charge in [-0.15, -0.1) is 0 Å². The van der Waals surface area contributed by atoms with E-state index in [2.05, 4.69) is 58.5 Å². The molecule has 0 amide bonds. The molecule has 1 atom stereocenters. The molecule has 1 unspecified atom stereocenters. The summed E-state index contributed by atoms with van der Waals surface area (Å²) in [5.41, 5.74) is 10.1. The molecule has 5 rings (SSSR count). The number of fused-ring (bicyclic) bond motifs is 1. The van der Waals surface area contributed by atoms with Crippen molar-refractivity contribution >= 4 is 17.0 Å². The summed E-state index contributed by atoms with van der Waals surface area (Å²) in [7, 11) is 0. The molecule has 30 heavy (non-hydrogen) atoms. The van der Waals surface area contributed by atoms with E-state index in [9.17, 15) is 0 Å². The van der Waals surface area contributed by atoms with Gasteiger partial charge in [0.1, 0.15) is 17.6 Å². The summed E-state index contributed by atoms with van der Waals surface area (Å²) >= 11 is 0. The third kappa shape index (κ3) is 3.66. The van der Waals surface area contributed by atoms with Gasteiger partial charge in [0, 0.05) is 18.9 Å². The number of hydrogen-bond donors (Lipinski definition) is 1. The number of nitrogens with two attached hydrogens (primary N) is 1. The lowest BCUT2D eigenvalue weighted by Crippen LogP contribution is -2.18. The minimum absolute atomic E-state index is 0.0371. The first-order valence-corrected chi connectivity index (χ1v) is 10.5. The van der Waals surface area contributed by atoms with Crippen molar-refractivity contribution in [2.24, 2.45) is 0 Å². The van der Waals surface area contributed by atoms with Crippen LogP contribution in [0, 0.1) is 0 Å². The van der Waals surface area contributed by atoms with Crippen LogP contribution in [-0.2, 0) is 11.2 Å². The Morgan fingerprint density at radius 3 is 2.30 bits per heavy atom. The minimum atomic E-state index is -0.0371. The molecule has 1 aliphatic rings. The van der Waals surface area contributed by atoms with E-state index < -0.39 is 0 Å². The molecular formula is C24H25N5O. The van der Waals surface area contributed by atoms with Crippen molar-refractivity contribution in [3.8, 4) is 0 Å². The maximum atomic E-state index is 6.29. The Hall–Kier alpha value is -3.25. The van der Waals surface area contributed by atoms with Crippen LogP contribution in [-0.4, -0.2) is 26.1 Å². The molecule has 0 bridgehead atoms. The monoisotopic (exact) mass is 399 g/mol. The first kappa shape index (κ1) is 18.8. The Bertz CT molecular complexity index is 1080. The minimum Gasteiger partial charge on any atom is -0.382 e. The molecule has 3 heterocycles. The standard InChI is InChI=1S/C24H25N5O/c25-23-22-24(29(16-26-22)21-13-7-8-14-30-21)28-20(27-23)15-19(17-9-3-1-4-10-17)18-11-5-2-6-12-18/h1-6,9-12,16,19,21H,7-8,13-15H2,(H2,25,27,28). The van der Waals surface area contributed by atoms with Crippen LogP contribution in [0.4, 0.5) is 5.82 Å². The molecule has 1 fully saturated rings. The molecule has 0 aliphatic carbocycles. The first-order chi connectivity index (χ1) is 14.8. The third-order valence-electron chi connectivity index (χ3n) is 5.75. The zero-order valence-electron chi connectivity index (χ0n) is 16.8. The van der Waals surface area contributed by atoms with Crippen LogP contribution in [0.5, 0.6) is 0 Å². The second-order valence-electron chi connectivity index (χ2n) is 7.75. The molecule has 2 aromatic heterocycles. The lowest BCUT2D eigenvalue weighted by Gasteiger charge is -2.24. The number of benzene rings is 2. The average Bonchev–Trinajstić information content (AvgIpc) is 3.24. The number of ether oxygens (including phenoxy) is 1. The number of anilines is 1. The second-order valence-corrected chi connectivity index (χ2v) is 7.75. The number of imidazole rings is 1. The lowest BCUT2D eigenvalue weighted by molar-refractivity contribution is -0.0298. The fraction of sp³-hybridized carbons (Fsp3) is 0.292. The molecule has 152 valence electrons. The van der Waals surface area contributed by atoms with E-state index in [0.717, 1.165) is 37.3 Å². The van der Waals surface area contributed by atoms with E-state index >= 15 is 0 Å². The van der Waals surface area contributed by atoms with Gasteiger partial charge in [-0.05, 0) is 30.4 Å². The van der Waals surface area contributed by atoms with Gasteiger partial charge >= 0.3 is 0 Å². The van der Waals surface area contributed by atoms with Crippen molar-refractivity contribution < 1.29 is 4.74 Å². The highest BCUT2D eigenvalue weighted by Crippen LogP contribution is 2.30. The van der Waals surface area contributed by atoms with Gasteiger partial charge in [0.05, 0.1) is 6.33 Å². The summed E-state index contributed by atoms with van der Waals surface area (Å²) in [5.74, 6) is 1.28. The van der Waals surface area contributed by atoms with Gasteiger partial charge in [-0.25, -0.2) is 15.0 Å². The van der Waals surface area contributed by atoms with E-state index in [1.807, 2.05) is 16.7 Å². The Labute approximate surface area is 175 Å².